The Kier molecular flexibility index (Phi) is 5.73. The number of fused-ring (bicyclic) bond motifs is 1. The standard InChI is InChI=1S/C21H24N4O3/c1-5-14(3)25-19(10-11-22-25)24-20(26)15(4)28-21(27)17-12-13(2)23-18-9-7-6-8-16(17)18/h6-12,14-15H,5H2,1-4H3,(H,24,26)/t14-,15-/m0/s1. The number of carbonyl (C=O) groups excluding carboxylic acids is 2. The summed E-state index contributed by atoms with van der Waals surface area (Å²) in [5, 5.41) is 7.72. The van der Waals surface area contributed by atoms with Crippen molar-refractivity contribution in [1.82, 2.24) is 14.8 Å². The summed E-state index contributed by atoms with van der Waals surface area (Å²) in [7, 11) is 0. The van der Waals surface area contributed by atoms with E-state index >= 15 is 0 Å². The van der Waals surface area contributed by atoms with Crippen molar-refractivity contribution in [3.8, 4) is 0 Å². The number of anilines is 1. The van der Waals surface area contributed by atoms with Gasteiger partial charge in [0.1, 0.15) is 5.82 Å². The molecular formula is C21H24N4O3. The molecule has 2 atom stereocenters. The molecule has 1 amide bonds. The van der Waals surface area contributed by atoms with Crippen LogP contribution in [0.4, 0.5) is 5.82 Å². The molecule has 3 aromatic rings. The fourth-order valence-corrected chi connectivity index (χ4v) is 2.92. The van der Waals surface area contributed by atoms with Gasteiger partial charge in [0.2, 0.25) is 0 Å². The molecule has 146 valence electrons. The zero-order chi connectivity index (χ0) is 20.3. The smallest absolute Gasteiger partial charge is 0.339 e. The predicted molar refractivity (Wildman–Crippen MR) is 107 cm³/mol. The van der Waals surface area contributed by atoms with Crippen molar-refractivity contribution in [2.75, 3.05) is 5.32 Å². The molecule has 0 fully saturated rings. The quantitative estimate of drug-likeness (QED) is 0.656. The van der Waals surface area contributed by atoms with E-state index in [1.165, 1.54) is 0 Å². The third-order valence-corrected chi connectivity index (χ3v) is 4.65. The Morgan fingerprint density at radius 2 is 1.96 bits per heavy atom. The lowest BCUT2D eigenvalue weighted by molar-refractivity contribution is -0.123. The highest BCUT2D eigenvalue weighted by Gasteiger charge is 2.22. The van der Waals surface area contributed by atoms with E-state index in [-0.39, 0.29) is 6.04 Å². The molecule has 28 heavy (non-hydrogen) atoms. The van der Waals surface area contributed by atoms with E-state index in [1.807, 2.05) is 45.0 Å². The van der Waals surface area contributed by atoms with Crippen LogP contribution in [0.5, 0.6) is 0 Å². The van der Waals surface area contributed by atoms with Gasteiger partial charge in [-0.05, 0) is 39.3 Å². The second-order valence-electron chi connectivity index (χ2n) is 6.78. The van der Waals surface area contributed by atoms with Gasteiger partial charge in [-0.3, -0.25) is 9.78 Å². The van der Waals surface area contributed by atoms with Crippen LogP contribution in [0.15, 0.2) is 42.6 Å². The van der Waals surface area contributed by atoms with Gasteiger partial charge in [0, 0.05) is 17.1 Å². The minimum atomic E-state index is -0.958. The number of rotatable bonds is 6. The number of amides is 1. The first-order valence-electron chi connectivity index (χ1n) is 9.32. The maximum Gasteiger partial charge on any atom is 0.339 e. The predicted octanol–water partition coefficient (Wildman–Crippen LogP) is 3.89. The van der Waals surface area contributed by atoms with E-state index in [4.69, 9.17) is 4.74 Å². The van der Waals surface area contributed by atoms with E-state index in [2.05, 4.69) is 15.4 Å². The van der Waals surface area contributed by atoms with Crippen LogP contribution in [-0.4, -0.2) is 32.7 Å². The van der Waals surface area contributed by atoms with Gasteiger partial charge in [0.15, 0.2) is 6.10 Å². The fourth-order valence-electron chi connectivity index (χ4n) is 2.92. The molecule has 0 bridgehead atoms. The van der Waals surface area contributed by atoms with E-state index in [0.717, 1.165) is 6.42 Å². The van der Waals surface area contributed by atoms with Crippen molar-refractivity contribution >= 4 is 28.6 Å². The van der Waals surface area contributed by atoms with Crippen LogP contribution in [-0.2, 0) is 9.53 Å². The van der Waals surface area contributed by atoms with E-state index < -0.39 is 18.0 Å². The number of nitrogens with zero attached hydrogens (tertiary/aromatic N) is 3. The molecule has 0 saturated heterocycles. The van der Waals surface area contributed by atoms with Crippen LogP contribution in [0.1, 0.15) is 49.3 Å². The van der Waals surface area contributed by atoms with Gasteiger partial charge < -0.3 is 10.1 Å². The molecule has 3 rings (SSSR count). The summed E-state index contributed by atoms with van der Waals surface area (Å²) in [6, 6.07) is 10.9. The first-order chi connectivity index (χ1) is 13.4. The maximum atomic E-state index is 12.7. The molecule has 0 unspecified atom stereocenters. The molecule has 1 N–H and O–H groups in total. The molecule has 7 heteroatoms. The molecule has 1 aromatic carbocycles. The number of hydrogen-bond acceptors (Lipinski definition) is 5. The SMILES string of the molecule is CC[C@H](C)n1nccc1NC(=O)[C@H](C)OC(=O)c1cc(C)nc2ccccc12. The molecule has 0 saturated carbocycles. The van der Waals surface area contributed by atoms with Crippen LogP contribution in [0, 0.1) is 6.92 Å². The maximum absolute atomic E-state index is 12.7. The van der Waals surface area contributed by atoms with Gasteiger partial charge in [-0.1, -0.05) is 25.1 Å². The van der Waals surface area contributed by atoms with Gasteiger partial charge in [0.25, 0.3) is 5.91 Å². The minimum absolute atomic E-state index is 0.148. The third kappa shape index (κ3) is 4.03. The number of nitrogens with one attached hydrogen (secondary N) is 1. The van der Waals surface area contributed by atoms with Crippen molar-refractivity contribution in [2.24, 2.45) is 0 Å². The number of aromatic nitrogens is 3. The highest BCUT2D eigenvalue weighted by molar-refractivity contribution is 6.04. The van der Waals surface area contributed by atoms with Crippen molar-refractivity contribution in [2.45, 2.75) is 46.3 Å². The Hall–Kier alpha value is -3.22. The summed E-state index contributed by atoms with van der Waals surface area (Å²) in [5.74, 6) is -0.388. The van der Waals surface area contributed by atoms with Gasteiger partial charge in [0.05, 0.1) is 23.3 Å². The Morgan fingerprint density at radius 3 is 2.71 bits per heavy atom. The average molecular weight is 380 g/mol. The van der Waals surface area contributed by atoms with Crippen molar-refractivity contribution in [3.63, 3.8) is 0 Å². The second-order valence-corrected chi connectivity index (χ2v) is 6.78. The fraction of sp³-hybridized carbons (Fsp3) is 0.333. The number of aryl methyl sites for hydroxylation is 1. The second kappa shape index (κ2) is 8.21. The molecule has 0 aliphatic heterocycles. The van der Waals surface area contributed by atoms with E-state index in [9.17, 15) is 9.59 Å². The lowest BCUT2D eigenvalue weighted by atomic mass is 10.1. The first kappa shape index (κ1) is 19.5. The molecule has 0 aliphatic carbocycles. The lowest BCUT2D eigenvalue weighted by Crippen LogP contribution is -2.31. The molecular weight excluding hydrogens is 356 g/mol. The summed E-state index contributed by atoms with van der Waals surface area (Å²) in [6.07, 6.45) is 1.55. The normalized spacial score (nSPS) is 13.1. The molecule has 2 heterocycles. The largest absolute Gasteiger partial charge is 0.449 e. The number of ether oxygens (including phenoxy) is 1. The first-order valence-corrected chi connectivity index (χ1v) is 9.32. The average Bonchev–Trinajstić information content (AvgIpc) is 3.14. The van der Waals surface area contributed by atoms with E-state index in [0.29, 0.717) is 28.0 Å². The van der Waals surface area contributed by atoms with Gasteiger partial charge in [-0.2, -0.15) is 5.10 Å². The Morgan fingerprint density at radius 1 is 1.21 bits per heavy atom. The van der Waals surface area contributed by atoms with Crippen LogP contribution < -0.4 is 5.32 Å². The van der Waals surface area contributed by atoms with Gasteiger partial charge >= 0.3 is 5.97 Å². The van der Waals surface area contributed by atoms with Crippen LogP contribution >= 0.6 is 0 Å². The number of carbonyl (C=O) groups is 2. The highest BCUT2D eigenvalue weighted by atomic mass is 16.5. The minimum Gasteiger partial charge on any atom is -0.449 e. The molecule has 7 nitrogen and oxygen atoms in total. The number of esters is 1. The Bertz CT molecular complexity index is 1010. The van der Waals surface area contributed by atoms with Crippen LogP contribution in [0.25, 0.3) is 10.9 Å². The third-order valence-electron chi connectivity index (χ3n) is 4.65. The molecule has 2 aromatic heterocycles. The van der Waals surface area contributed by atoms with Crippen molar-refractivity contribution in [3.05, 3.63) is 53.9 Å². The highest BCUT2D eigenvalue weighted by Crippen LogP contribution is 2.20. The summed E-state index contributed by atoms with van der Waals surface area (Å²) in [6.45, 7) is 7.43. The van der Waals surface area contributed by atoms with Gasteiger partial charge in [-0.25, -0.2) is 9.48 Å². The van der Waals surface area contributed by atoms with Crippen molar-refractivity contribution in [1.29, 1.82) is 0 Å². The molecule has 0 radical (unpaired) electrons. The summed E-state index contributed by atoms with van der Waals surface area (Å²) < 4.78 is 7.17. The summed E-state index contributed by atoms with van der Waals surface area (Å²) >= 11 is 0. The van der Waals surface area contributed by atoms with E-state index in [1.54, 1.807) is 29.9 Å². The topological polar surface area (TPSA) is 86.1 Å². The van der Waals surface area contributed by atoms with Crippen molar-refractivity contribution < 1.29 is 14.3 Å². The summed E-state index contributed by atoms with van der Waals surface area (Å²) in [5.41, 5.74) is 1.82. The number of hydrogen-bond donors (Lipinski definition) is 1. The zero-order valence-corrected chi connectivity index (χ0v) is 16.5. The summed E-state index contributed by atoms with van der Waals surface area (Å²) in [4.78, 5) is 29.7. The van der Waals surface area contributed by atoms with Gasteiger partial charge in [-0.15, -0.1) is 0 Å². The monoisotopic (exact) mass is 380 g/mol. The van der Waals surface area contributed by atoms with Crippen LogP contribution in [0.3, 0.4) is 0 Å². The Labute approximate surface area is 163 Å². The zero-order valence-electron chi connectivity index (χ0n) is 16.5. The lowest BCUT2D eigenvalue weighted by Gasteiger charge is -2.17. The molecule has 0 aliphatic rings. The van der Waals surface area contributed by atoms with Crippen LogP contribution in [0.2, 0.25) is 0 Å². The number of pyridine rings is 1. The Balaban J connectivity index is 1.75. The number of benzene rings is 1. The molecule has 0 spiro atoms. The number of para-hydroxylation sites is 1.